The highest BCUT2D eigenvalue weighted by Crippen LogP contribution is 2.25. The van der Waals surface area contributed by atoms with E-state index in [2.05, 4.69) is 5.32 Å². The van der Waals surface area contributed by atoms with Gasteiger partial charge in [0.2, 0.25) is 5.91 Å². The summed E-state index contributed by atoms with van der Waals surface area (Å²) in [6.07, 6.45) is 1.79. The van der Waals surface area contributed by atoms with Crippen molar-refractivity contribution in [1.29, 1.82) is 0 Å². The Kier molecular flexibility index (Phi) is 6.02. The molecule has 2 aromatic carbocycles. The number of carbonyl (C=O) groups excluding carboxylic acids is 2. The molecule has 0 aliphatic carbocycles. The third-order valence-electron chi connectivity index (χ3n) is 5.05. The van der Waals surface area contributed by atoms with Crippen LogP contribution in [0.5, 0.6) is 0 Å². The lowest BCUT2D eigenvalue weighted by Gasteiger charge is -2.10. The average molecular weight is 437 g/mol. The number of aromatic nitrogens is 2. The molecule has 4 rings (SSSR count). The van der Waals surface area contributed by atoms with Gasteiger partial charge in [0.15, 0.2) is 0 Å². The zero-order chi connectivity index (χ0) is 22.7. The predicted molar refractivity (Wildman–Crippen MR) is 115 cm³/mol. The Labute approximate surface area is 183 Å². The second kappa shape index (κ2) is 9.05. The standard InChI is InChI=1S/C24H21F2N3O3/c1-2-32-24(31)22-13-21-20(11-12-28(21)19-9-7-18(26)8-10-19)29(22)15-23(30)27-14-16-3-5-17(25)6-4-16/h3-13H,2,14-15H2,1H3,(H,27,30). The molecule has 0 fully saturated rings. The first-order valence-electron chi connectivity index (χ1n) is 10.1. The lowest BCUT2D eigenvalue weighted by atomic mass is 10.2. The van der Waals surface area contributed by atoms with E-state index in [1.807, 2.05) is 4.57 Å². The normalized spacial score (nSPS) is 11.0. The molecule has 1 amide bonds. The van der Waals surface area contributed by atoms with Gasteiger partial charge in [-0.2, -0.15) is 0 Å². The minimum Gasteiger partial charge on any atom is -0.461 e. The van der Waals surface area contributed by atoms with Crippen LogP contribution >= 0.6 is 0 Å². The Morgan fingerprint density at radius 1 is 0.938 bits per heavy atom. The van der Waals surface area contributed by atoms with Crippen LogP contribution in [0.2, 0.25) is 0 Å². The van der Waals surface area contributed by atoms with E-state index in [1.54, 1.807) is 54.1 Å². The van der Waals surface area contributed by atoms with Crippen molar-refractivity contribution in [2.24, 2.45) is 0 Å². The van der Waals surface area contributed by atoms with Gasteiger partial charge in [0.05, 0.1) is 17.6 Å². The van der Waals surface area contributed by atoms with E-state index >= 15 is 0 Å². The molecule has 0 bridgehead atoms. The molecule has 0 saturated heterocycles. The van der Waals surface area contributed by atoms with E-state index in [0.717, 1.165) is 11.3 Å². The highest BCUT2D eigenvalue weighted by Gasteiger charge is 2.21. The number of rotatable bonds is 7. The van der Waals surface area contributed by atoms with Crippen molar-refractivity contribution in [2.75, 3.05) is 6.61 Å². The van der Waals surface area contributed by atoms with Gasteiger partial charge in [-0.3, -0.25) is 4.79 Å². The van der Waals surface area contributed by atoms with Crippen molar-refractivity contribution < 1.29 is 23.1 Å². The molecule has 32 heavy (non-hydrogen) atoms. The monoisotopic (exact) mass is 437 g/mol. The van der Waals surface area contributed by atoms with E-state index < -0.39 is 5.97 Å². The van der Waals surface area contributed by atoms with Gasteiger partial charge in [-0.15, -0.1) is 0 Å². The molecule has 0 aliphatic heterocycles. The van der Waals surface area contributed by atoms with Crippen LogP contribution in [-0.2, 0) is 22.6 Å². The molecule has 0 aliphatic rings. The van der Waals surface area contributed by atoms with Gasteiger partial charge < -0.3 is 19.2 Å². The Balaban J connectivity index is 1.63. The SMILES string of the molecule is CCOC(=O)c1cc2c(ccn2-c2ccc(F)cc2)n1CC(=O)NCc1ccc(F)cc1. The summed E-state index contributed by atoms with van der Waals surface area (Å²) in [7, 11) is 0. The zero-order valence-corrected chi connectivity index (χ0v) is 17.3. The third-order valence-corrected chi connectivity index (χ3v) is 5.05. The number of halogens is 2. The first-order chi connectivity index (χ1) is 15.5. The highest BCUT2D eigenvalue weighted by atomic mass is 19.1. The maximum Gasteiger partial charge on any atom is 0.355 e. The Morgan fingerprint density at radius 2 is 1.59 bits per heavy atom. The van der Waals surface area contributed by atoms with Crippen LogP contribution in [0.15, 0.2) is 66.9 Å². The summed E-state index contributed by atoms with van der Waals surface area (Å²) in [5.74, 6) is -1.55. The Bertz CT molecular complexity index is 1260. The number of ether oxygens (including phenoxy) is 1. The largest absolute Gasteiger partial charge is 0.461 e. The predicted octanol–water partition coefficient (Wildman–Crippen LogP) is 4.20. The fraction of sp³-hybridized carbons (Fsp3) is 0.167. The third kappa shape index (κ3) is 4.39. The number of amides is 1. The Morgan fingerprint density at radius 3 is 2.25 bits per heavy atom. The molecule has 6 nitrogen and oxygen atoms in total. The molecule has 0 atom stereocenters. The summed E-state index contributed by atoms with van der Waals surface area (Å²) in [4.78, 5) is 25.2. The van der Waals surface area contributed by atoms with Gasteiger partial charge >= 0.3 is 5.97 Å². The fourth-order valence-corrected chi connectivity index (χ4v) is 3.52. The summed E-state index contributed by atoms with van der Waals surface area (Å²) >= 11 is 0. The molecule has 1 N–H and O–H groups in total. The van der Waals surface area contributed by atoms with Crippen molar-refractivity contribution in [2.45, 2.75) is 20.0 Å². The van der Waals surface area contributed by atoms with E-state index in [9.17, 15) is 18.4 Å². The number of hydrogen-bond acceptors (Lipinski definition) is 3. The first kappa shape index (κ1) is 21.3. The fourth-order valence-electron chi connectivity index (χ4n) is 3.52. The van der Waals surface area contributed by atoms with Crippen LogP contribution < -0.4 is 5.32 Å². The number of hydrogen-bond donors (Lipinski definition) is 1. The van der Waals surface area contributed by atoms with E-state index in [-0.39, 0.29) is 42.9 Å². The molecular formula is C24H21F2N3O3. The van der Waals surface area contributed by atoms with Gasteiger partial charge in [0.1, 0.15) is 23.9 Å². The van der Waals surface area contributed by atoms with Crippen molar-refractivity contribution in [1.82, 2.24) is 14.5 Å². The minimum atomic E-state index is -0.541. The van der Waals surface area contributed by atoms with Gasteiger partial charge in [0.25, 0.3) is 0 Å². The number of benzene rings is 2. The maximum absolute atomic E-state index is 13.3. The molecule has 0 spiro atoms. The van der Waals surface area contributed by atoms with E-state index in [0.29, 0.717) is 11.0 Å². The highest BCUT2D eigenvalue weighted by molar-refractivity contribution is 5.96. The second-order valence-corrected chi connectivity index (χ2v) is 7.17. The molecule has 2 aromatic heterocycles. The van der Waals surface area contributed by atoms with Gasteiger partial charge in [-0.1, -0.05) is 12.1 Å². The zero-order valence-electron chi connectivity index (χ0n) is 17.3. The van der Waals surface area contributed by atoms with Gasteiger partial charge in [0, 0.05) is 18.4 Å². The molecule has 0 saturated carbocycles. The number of nitrogens with zero attached hydrogens (tertiary/aromatic N) is 2. The molecule has 0 radical (unpaired) electrons. The minimum absolute atomic E-state index is 0.105. The van der Waals surface area contributed by atoms with Crippen LogP contribution in [0.3, 0.4) is 0 Å². The van der Waals surface area contributed by atoms with E-state index in [1.165, 1.54) is 24.3 Å². The molecule has 4 aromatic rings. The molecule has 164 valence electrons. The topological polar surface area (TPSA) is 65.3 Å². The van der Waals surface area contributed by atoms with Crippen molar-refractivity contribution in [3.63, 3.8) is 0 Å². The second-order valence-electron chi connectivity index (χ2n) is 7.17. The van der Waals surface area contributed by atoms with Crippen LogP contribution in [-0.4, -0.2) is 27.6 Å². The summed E-state index contributed by atoms with van der Waals surface area (Å²) in [6.45, 7) is 2.03. The molecular weight excluding hydrogens is 416 g/mol. The summed E-state index contributed by atoms with van der Waals surface area (Å²) in [5, 5.41) is 2.78. The quantitative estimate of drug-likeness (QED) is 0.441. The van der Waals surface area contributed by atoms with Crippen LogP contribution in [0.1, 0.15) is 23.0 Å². The number of fused-ring (bicyclic) bond motifs is 1. The van der Waals surface area contributed by atoms with Gasteiger partial charge in [-0.25, -0.2) is 13.6 Å². The lowest BCUT2D eigenvalue weighted by molar-refractivity contribution is -0.121. The van der Waals surface area contributed by atoms with Crippen LogP contribution in [0.25, 0.3) is 16.7 Å². The number of carbonyl (C=O) groups is 2. The molecule has 0 unspecified atom stereocenters. The van der Waals surface area contributed by atoms with Gasteiger partial charge in [-0.05, 0) is 61.0 Å². The van der Waals surface area contributed by atoms with Crippen molar-refractivity contribution >= 4 is 22.9 Å². The number of esters is 1. The number of nitrogens with one attached hydrogen (secondary N) is 1. The van der Waals surface area contributed by atoms with Crippen molar-refractivity contribution in [3.05, 3.63) is 89.8 Å². The Hall–Kier alpha value is -3.94. The maximum atomic E-state index is 13.3. The van der Waals surface area contributed by atoms with Crippen LogP contribution in [0.4, 0.5) is 8.78 Å². The van der Waals surface area contributed by atoms with E-state index in [4.69, 9.17) is 4.74 Å². The van der Waals surface area contributed by atoms with Crippen molar-refractivity contribution in [3.8, 4) is 5.69 Å². The summed E-state index contributed by atoms with van der Waals surface area (Å²) < 4.78 is 34.9. The lowest BCUT2D eigenvalue weighted by Crippen LogP contribution is -2.28. The summed E-state index contributed by atoms with van der Waals surface area (Å²) in [5.41, 5.74) is 3.06. The molecule has 8 heteroatoms. The first-order valence-corrected chi connectivity index (χ1v) is 10.1. The summed E-state index contributed by atoms with van der Waals surface area (Å²) in [6, 6.07) is 15.3. The average Bonchev–Trinajstić information content (AvgIpc) is 3.34. The smallest absolute Gasteiger partial charge is 0.355 e. The molecule has 2 heterocycles. The van der Waals surface area contributed by atoms with Crippen LogP contribution in [0, 0.1) is 11.6 Å².